The summed E-state index contributed by atoms with van der Waals surface area (Å²) in [6.07, 6.45) is 6.27. The Morgan fingerprint density at radius 1 is 1.16 bits per heavy atom. The van der Waals surface area contributed by atoms with Gasteiger partial charge in [0, 0.05) is 22.9 Å². The molecule has 1 N–H and O–H groups in total. The van der Waals surface area contributed by atoms with Crippen molar-refractivity contribution in [2.75, 3.05) is 6.54 Å². The summed E-state index contributed by atoms with van der Waals surface area (Å²) in [6, 6.07) is 15.7. The number of fused-ring (bicyclic) bond motifs is 1. The third-order valence-corrected chi connectivity index (χ3v) is 7.71. The largest absolute Gasteiger partial charge is 0.350 e. The number of nitrogens with zero attached hydrogens (tertiary/aromatic N) is 1. The molecule has 4 rings (SSSR count). The number of halogens is 1. The molecule has 2 atom stereocenters. The number of aryl methyl sites for hydroxylation is 1. The summed E-state index contributed by atoms with van der Waals surface area (Å²) in [5, 5.41) is 3.91. The maximum Gasteiger partial charge on any atom is 0.261 e. The number of nitrogens with one attached hydrogen (secondary N) is 1. The van der Waals surface area contributed by atoms with Crippen LogP contribution in [0.15, 0.2) is 53.4 Å². The standard InChI is InChI=1S/C25H27ClN2O2S/c1-17-10-12-18(13-11-17)14-23-25(30)28(21-8-4-5-9-22(21)31-23)16-24(29)27-15-19-6-2-3-7-20(19)26/h2-3,6-7,10-14,21-22H,4-5,8-9,15-16H2,1H3,(H,27,29)/b23-14+. The molecular weight excluding hydrogens is 428 g/mol. The van der Waals surface area contributed by atoms with Crippen molar-refractivity contribution < 1.29 is 9.59 Å². The summed E-state index contributed by atoms with van der Waals surface area (Å²) in [6.45, 7) is 2.48. The van der Waals surface area contributed by atoms with E-state index in [2.05, 4.69) is 5.32 Å². The number of carbonyl (C=O) groups excluding carboxylic acids is 2. The van der Waals surface area contributed by atoms with Crippen LogP contribution in [0.3, 0.4) is 0 Å². The molecule has 0 bridgehead atoms. The van der Waals surface area contributed by atoms with Gasteiger partial charge in [0.25, 0.3) is 5.91 Å². The summed E-state index contributed by atoms with van der Waals surface area (Å²) in [5.74, 6) is -0.194. The Balaban J connectivity index is 1.49. The highest BCUT2D eigenvalue weighted by molar-refractivity contribution is 8.04. The molecule has 0 aromatic heterocycles. The lowest BCUT2D eigenvalue weighted by Gasteiger charge is -2.43. The fourth-order valence-corrected chi connectivity index (χ4v) is 5.90. The number of thioether (sulfide) groups is 1. The van der Waals surface area contributed by atoms with Crippen LogP contribution in [0, 0.1) is 6.92 Å². The van der Waals surface area contributed by atoms with E-state index in [0.717, 1.165) is 35.3 Å². The van der Waals surface area contributed by atoms with Gasteiger partial charge in [-0.15, -0.1) is 11.8 Å². The molecular formula is C25H27ClN2O2S. The molecule has 1 heterocycles. The zero-order chi connectivity index (χ0) is 21.8. The molecule has 31 heavy (non-hydrogen) atoms. The second-order valence-corrected chi connectivity index (χ2v) is 9.92. The molecule has 0 spiro atoms. The predicted octanol–water partition coefficient (Wildman–Crippen LogP) is 5.19. The van der Waals surface area contributed by atoms with Crippen molar-refractivity contribution in [3.63, 3.8) is 0 Å². The van der Waals surface area contributed by atoms with E-state index in [1.807, 2.05) is 61.5 Å². The van der Waals surface area contributed by atoms with E-state index in [1.165, 1.54) is 12.0 Å². The van der Waals surface area contributed by atoms with Gasteiger partial charge in [-0.1, -0.05) is 72.5 Å². The van der Waals surface area contributed by atoms with Gasteiger partial charge in [-0.05, 0) is 43.0 Å². The highest BCUT2D eigenvalue weighted by Gasteiger charge is 2.41. The quantitative estimate of drug-likeness (QED) is 0.632. The van der Waals surface area contributed by atoms with Crippen molar-refractivity contribution in [1.29, 1.82) is 0 Å². The van der Waals surface area contributed by atoms with Crippen LogP contribution in [0.5, 0.6) is 0 Å². The topological polar surface area (TPSA) is 49.4 Å². The Labute approximate surface area is 193 Å². The van der Waals surface area contributed by atoms with Crippen molar-refractivity contribution in [3.8, 4) is 0 Å². The Kier molecular flexibility index (Phi) is 7.03. The van der Waals surface area contributed by atoms with E-state index in [9.17, 15) is 9.59 Å². The van der Waals surface area contributed by atoms with Crippen LogP contribution in [0.2, 0.25) is 5.02 Å². The Hall–Kier alpha value is -2.24. The fraction of sp³-hybridized carbons (Fsp3) is 0.360. The molecule has 162 valence electrons. The summed E-state index contributed by atoms with van der Waals surface area (Å²) < 4.78 is 0. The molecule has 4 nitrogen and oxygen atoms in total. The van der Waals surface area contributed by atoms with Gasteiger partial charge in [0.05, 0.1) is 4.91 Å². The molecule has 6 heteroatoms. The monoisotopic (exact) mass is 454 g/mol. The normalized spacial score (nSPS) is 22.3. The predicted molar refractivity (Wildman–Crippen MR) is 128 cm³/mol. The number of hydrogen-bond acceptors (Lipinski definition) is 3. The minimum atomic E-state index is -0.154. The minimum absolute atomic E-state index is 0.0402. The summed E-state index contributed by atoms with van der Waals surface area (Å²) in [5.41, 5.74) is 3.07. The number of benzene rings is 2. The van der Waals surface area contributed by atoms with Gasteiger partial charge in [0.15, 0.2) is 0 Å². The second kappa shape index (κ2) is 9.92. The maximum atomic E-state index is 13.4. The summed E-state index contributed by atoms with van der Waals surface area (Å²) >= 11 is 7.88. The lowest BCUT2D eigenvalue weighted by molar-refractivity contribution is -0.135. The average molecular weight is 455 g/mol. The maximum absolute atomic E-state index is 13.4. The van der Waals surface area contributed by atoms with Crippen molar-refractivity contribution in [2.45, 2.75) is 50.4 Å². The van der Waals surface area contributed by atoms with Gasteiger partial charge in [-0.2, -0.15) is 0 Å². The van der Waals surface area contributed by atoms with Gasteiger partial charge >= 0.3 is 0 Å². The minimum Gasteiger partial charge on any atom is -0.350 e. The number of hydrogen-bond donors (Lipinski definition) is 1. The number of carbonyl (C=O) groups is 2. The Morgan fingerprint density at radius 2 is 1.90 bits per heavy atom. The first-order chi connectivity index (χ1) is 15.0. The summed E-state index contributed by atoms with van der Waals surface area (Å²) in [4.78, 5) is 28.6. The molecule has 1 aliphatic heterocycles. The van der Waals surface area contributed by atoms with E-state index in [1.54, 1.807) is 16.7 Å². The summed E-state index contributed by atoms with van der Waals surface area (Å²) in [7, 11) is 0. The van der Waals surface area contributed by atoms with E-state index >= 15 is 0 Å². The fourth-order valence-electron chi connectivity index (χ4n) is 4.22. The lowest BCUT2D eigenvalue weighted by Crippen LogP contribution is -2.54. The van der Waals surface area contributed by atoms with E-state index in [0.29, 0.717) is 16.8 Å². The smallest absolute Gasteiger partial charge is 0.261 e. The van der Waals surface area contributed by atoms with Crippen molar-refractivity contribution in [2.24, 2.45) is 0 Å². The van der Waals surface area contributed by atoms with Gasteiger partial charge in [-0.3, -0.25) is 9.59 Å². The van der Waals surface area contributed by atoms with Crippen LogP contribution in [0.25, 0.3) is 6.08 Å². The van der Waals surface area contributed by atoms with Gasteiger partial charge in [0.2, 0.25) is 5.91 Å². The molecule has 2 aromatic rings. The van der Waals surface area contributed by atoms with Crippen molar-refractivity contribution in [3.05, 3.63) is 75.1 Å². The number of amides is 2. The highest BCUT2D eigenvalue weighted by atomic mass is 35.5. The molecule has 1 saturated carbocycles. The zero-order valence-corrected chi connectivity index (χ0v) is 19.2. The van der Waals surface area contributed by atoms with E-state index in [4.69, 9.17) is 11.6 Å². The first kappa shape index (κ1) is 22.0. The molecule has 2 amide bonds. The van der Waals surface area contributed by atoms with Crippen molar-refractivity contribution in [1.82, 2.24) is 10.2 Å². The van der Waals surface area contributed by atoms with Crippen LogP contribution in [0.4, 0.5) is 0 Å². The molecule has 2 aromatic carbocycles. The van der Waals surface area contributed by atoms with Gasteiger partial charge in [0.1, 0.15) is 6.54 Å². The highest BCUT2D eigenvalue weighted by Crippen LogP contribution is 2.42. The van der Waals surface area contributed by atoms with Gasteiger partial charge < -0.3 is 10.2 Å². The second-order valence-electron chi connectivity index (χ2n) is 8.23. The van der Waals surface area contributed by atoms with Crippen LogP contribution in [-0.4, -0.2) is 34.6 Å². The van der Waals surface area contributed by atoms with Crippen LogP contribution < -0.4 is 5.32 Å². The third-order valence-electron chi connectivity index (χ3n) is 5.94. The van der Waals surface area contributed by atoms with E-state index in [-0.39, 0.29) is 24.4 Å². The first-order valence-corrected chi connectivity index (χ1v) is 12.0. The van der Waals surface area contributed by atoms with Gasteiger partial charge in [-0.25, -0.2) is 0 Å². The Bertz CT molecular complexity index is 989. The molecule has 1 saturated heterocycles. The van der Waals surface area contributed by atoms with Crippen LogP contribution >= 0.6 is 23.4 Å². The molecule has 2 fully saturated rings. The van der Waals surface area contributed by atoms with Crippen LogP contribution in [-0.2, 0) is 16.1 Å². The van der Waals surface area contributed by atoms with E-state index < -0.39 is 0 Å². The molecule has 2 aliphatic rings. The average Bonchev–Trinajstić information content (AvgIpc) is 2.77. The zero-order valence-electron chi connectivity index (χ0n) is 17.6. The SMILES string of the molecule is Cc1ccc(/C=C2/SC3CCCCC3N(CC(=O)NCc3ccccc3Cl)C2=O)cc1. The first-order valence-electron chi connectivity index (χ1n) is 10.8. The van der Waals surface area contributed by atoms with Crippen LogP contribution in [0.1, 0.15) is 42.4 Å². The third kappa shape index (κ3) is 5.34. The molecule has 1 aliphatic carbocycles. The Morgan fingerprint density at radius 3 is 2.68 bits per heavy atom. The lowest BCUT2D eigenvalue weighted by atomic mass is 9.93. The molecule has 2 unspecified atom stereocenters. The molecule has 0 radical (unpaired) electrons. The van der Waals surface area contributed by atoms with Crippen molar-refractivity contribution >= 4 is 41.3 Å². The number of rotatable bonds is 5.